The molecule has 1 aliphatic rings. The van der Waals surface area contributed by atoms with Gasteiger partial charge in [-0.1, -0.05) is 31.5 Å². The lowest BCUT2D eigenvalue weighted by Gasteiger charge is -2.43. The van der Waals surface area contributed by atoms with E-state index in [2.05, 4.69) is 5.32 Å². The Morgan fingerprint density at radius 3 is 2.50 bits per heavy atom. The van der Waals surface area contributed by atoms with Crippen LogP contribution in [0.4, 0.5) is 13.2 Å². The second-order valence-corrected chi connectivity index (χ2v) is 4.99. The van der Waals surface area contributed by atoms with Crippen LogP contribution >= 0.6 is 0 Å². The predicted octanol–water partition coefficient (Wildman–Crippen LogP) is 3.74. The van der Waals surface area contributed by atoms with E-state index >= 15 is 0 Å². The van der Waals surface area contributed by atoms with E-state index in [9.17, 15) is 13.2 Å². The average Bonchev–Trinajstić information content (AvgIpc) is 2.27. The normalized spacial score (nSPS) is 18.4. The molecular weight excluding hydrogens is 239 g/mol. The number of hydrogen-bond acceptors (Lipinski definition) is 1. The molecule has 1 nitrogen and oxygen atoms in total. The molecule has 0 aromatic heterocycles. The average molecular weight is 257 g/mol. The topological polar surface area (TPSA) is 12.0 Å². The predicted molar refractivity (Wildman–Crippen MR) is 65.5 cm³/mol. The van der Waals surface area contributed by atoms with Gasteiger partial charge in [-0.3, -0.25) is 0 Å². The van der Waals surface area contributed by atoms with Crippen molar-refractivity contribution < 1.29 is 13.2 Å². The summed E-state index contributed by atoms with van der Waals surface area (Å²) in [6.45, 7) is 3.63. The standard InChI is InChI=1S/C14H18F3N/c1-2-18-10-13(7-4-8-13)11-5-3-6-12(9-11)14(15,16)17/h3,5-6,9,18H,2,4,7-8,10H2,1H3. The fourth-order valence-corrected chi connectivity index (χ4v) is 2.56. The molecule has 0 bridgehead atoms. The Kier molecular flexibility index (Phi) is 3.66. The zero-order valence-corrected chi connectivity index (χ0v) is 10.5. The molecule has 0 heterocycles. The first-order chi connectivity index (χ1) is 8.48. The number of likely N-dealkylation sites (N-methyl/N-ethyl adjacent to an activating group) is 1. The molecule has 4 heteroatoms. The minimum absolute atomic E-state index is 0.0860. The Hall–Kier alpha value is -1.03. The largest absolute Gasteiger partial charge is 0.416 e. The second kappa shape index (κ2) is 4.92. The molecule has 1 aliphatic carbocycles. The van der Waals surface area contributed by atoms with Crippen LogP contribution < -0.4 is 5.32 Å². The molecule has 0 unspecified atom stereocenters. The monoisotopic (exact) mass is 257 g/mol. The Balaban J connectivity index is 2.26. The van der Waals surface area contributed by atoms with Crippen LogP contribution in [0.15, 0.2) is 24.3 Å². The van der Waals surface area contributed by atoms with E-state index < -0.39 is 11.7 Å². The first-order valence-electron chi connectivity index (χ1n) is 6.36. The van der Waals surface area contributed by atoms with Gasteiger partial charge in [0.1, 0.15) is 0 Å². The van der Waals surface area contributed by atoms with E-state index in [1.165, 1.54) is 12.1 Å². The lowest BCUT2D eigenvalue weighted by Crippen LogP contribution is -2.43. The van der Waals surface area contributed by atoms with Crippen molar-refractivity contribution in [1.29, 1.82) is 0 Å². The van der Waals surface area contributed by atoms with Gasteiger partial charge in [0.15, 0.2) is 0 Å². The number of benzene rings is 1. The fourth-order valence-electron chi connectivity index (χ4n) is 2.56. The number of halogens is 3. The highest BCUT2D eigenvalue weighted by atomic mass is 19.4. The van der Waals surface area contributed by atoms with Gasteiger partial charge in [-0.2, -0.15) is 13.2 Å². The van der Waals surface area contributed by atoms with Crippen LogP contribution in [-0.2, 0) is 11.6 Å². The molecule has 0 amide bonds. The van der Waals surface area contributed by atoms with E-state index in [-0.39, 0.29) is 5.41 Å². The summed E-state index contributed by atoms with van der Waals surface area (Å²) >= 11 is 0. The zero-order chi connectivity index (χ0) is 13.2. The van der Waals surface area contributed by atoms with Gasteiger partial charge in [0.05, 0.1) is 5.56 Å². The van der Waals surface area contributed by atoms with E-state index in [0.29, 0.717) is 0 Å². The highest BCUT2D eigenvalue weighted by molar-refractivity contribution is 5.34. The van der Waals surface area contributed by atoms with Gasteiger partial charge in [-0.15, -0.1) is 0 Å². The van der Waals surface area contributed by atoms with Crippen LogP contribution in [0.5, 0.6) is 0 Å². The molecule has 1 saturated carbocycles. The highest BCUT2D eigenvalue weighted by Gasteiger charge is 2.39. The molecule has 1 fully saturated rings. The molecule has 0 saturated heterocycles. The van der Waals surface area contributed by atoms with Crippen LogP contribution in [0.2, 0.25) is 0 Å². The third-order valence-corrected chi connectivity index (χ3v) is 3.83. The molecule has 0 radical (unpaired) electrons. The van der Waals surface area contributed by atoms with Crippen LogP contribution in [-0.4, -0.2) is 13.1 Å². The molecule has 2 rings (SSSR count). The first kappa shape index (κ1) is 13.4. The highest BCUT2D eigenvalue weighted by Crippen LogP contribution is 2.44. The van der Waals surface area contributed by atoms with Crippen molar-refractivity contribution in [2.24, 2.45) is 0 Å². The fraction of sp³-hybridized carbons (Fsp3) is 0.571. The van der Waals surface area contributed by atoms with Gasteiger partial charge in [0, 0.05) is 12.0 Å². The lowest BCUT2D eigenvalue weighted by molar-refractivity contribution is -0.137. The summed E-state index contributed by atoms with van der Waals surface area (Å²) in [5.41, 5.74) is 0.198. The van der Waals surface area contributed by atoms with E-state index in [1.807, 2.05) is 13.0 Å². The van der Waals surface area contributed by atoms with Crippen molar-refractivity contribution in [3.05, 3.63) is 35.4 Å². The number of alkyl halides is 3. The number of rotatable bonds is 4. The van der Waals surface area contributed by atoms with Crippen LogP contribution in [0.25, 0.3) is 0 Å². The Bertz CT molecular complexity index is 408. The van der Waals surface area contributed by atoms with E-state index in [0.717, 1.165) is 44.0 Å². The van der Waals surface area contributed by atoms with Crippen LogP contribution in [0.1, 0.15) is 37.3 Å². The molecule has 0 atom stereocenters. The van der Waals surface area contributed by atoms with Crippen molar-refractivity contribution >= 4 is 0 Å². The summed E-state index contributed by atoms with van der Waals surface area (Å²) in [5.74, 6) is 0. The van der Waals surface area contributed by atoms with Gasteiger partial charge in [0.25, 0.3) is 0 Å². The molecule has 1 aromatic rings. The summed E-state index contributed by atoms with van der Waals surface area (Å²) in [6.07, 6.45) is -1.20. The maximum atomic E-state index is 12.7. The lowest BCUT2D eigenvalue weighted by atomic mass is 9.64. The minimum atomic E-state index is -4.25. The quantitative estimate of drug-likeness (QED) is 0.866. The van der Waals surface area contributed by atoms with Crippen molar-refractivity contribution in [2.75, 3.05) is 13.1 Å². The van der Waals surface area contributed by atoms with Crippen molar-refractivity contribution in [1.82, 2.24) is 5.32 Å². The third-order valence-electron chi connectivity index (χ3n) is 3.83. The van der Waals surface area contributed by atoms with Crippen molar-refractivity contribution in [3.63, 3.8) is 0 Å². The molecule has 100 valence electrons. The van der Waals surface area contributed by atoms with Gasteiger partial charge < -0.3 is 5.32 Å². The Morgan fingerprint density at radius 1 is 1.28 bits per heavy atom. The molecule has 18 heavy (non-hydrogen) atoms. The van der Waals surface area contributed by atoms with Crippen molar-refractivity contribution in [2.45, 2.75) is 37.8 Å². The van der Waals surface area contributed by atoms with E-state index in [1.54, 1.807) is 0 Å². The Morgan fingerprint density at radius 2 is 2.00 bits per heavy atom. The Labute approximate surface area is 105 Å². The molecule has 1 aromatic carbocycles. The minimum Gasteiger partial charge on any atom is -0.316 e. The smallest absolute Gasteiger partial charge is 0.316 e. The van der Waals surface area contributed by atoms with Gasteiger partial charge in [0.2, 0.25) is 0 Å². The maximum absolute atomic E-state index is 12.7. The summed E-state index contributed by atoms with van der Waals surface area (Å²) in [4.78, 5) is 0. The SMILES string of the molecule is CCNCC1(c2cccc(C(F)(F)F)c2)CCC1. The molecular formula is C14H18F3N. The zero-order valence-electron chi connectivity index (χ0n) is 10.5. The molecule has 1 N–H and O–H groups in total. The number of nitrogens with one attached hydrogen (secondary N) is 1. The molecule has 0 spiro atoms. The second-order valence-electron chi connectivity index (χ2n) is 4.99. The molecule has 0 aliphatic heterocycles. The third kappa shape index (κ3) is 2.53. The summed E-state index contributed by atoms with van der Waals surface area (Å²) in [7, 11) is 0. The van der Waals surface area contributed by atoms with Gasteiger partial charge in [-0.25, -0.2) is 0 Å². The van der Waals surface area contributed by atoms with Crippen molar-refractivity contribution in [3.8, 4) is 0 Å². The van der Waals surface area contributed by atoms with Gasteiger partial charge >= 0.3 is 6.18 Å². The summed E-state index contributed by atoms with van der Waals surface area (Å²) in [6, 6.07) is 5.80. The summed E-state index contributed by atoms with van der Waals surface area (Å²) < 4.78 is 38.1. The van der Waals surface area contributed by atoms with Crippen LogP contribution in [0.3, 0.4) is 0 Å². The first-order valence-corrected chi connectivity index (χ1v) is 6.36. The number of hydrogen-bond donors (Lipinski definition) is 1. The van der Waals surface area contributed by atoms with Gasteiger partial charge in [-0.05, 0) is 31.0 Å². The maximum Gasteiger partial charge on any atom is 0.416 e. The van der Waals surface area contributed by atoms with Crippen LogP contribution in [0, 0.1) is 0 Å². The van der Waals surface area contributed by atoms with E-state index in [4.69, 9.17) is 0 Å². The summed E-state index contributed by atoms with van der Waals surface area (Å²) in [5, 5.41) is 3.27.